The van der Waals surface area contributed by atoms with Crippen LogP contribution in [0.1, 0.15) is 47.0 Å². The molecule has 0 saturated carbocycles. The number of hydrogen-bond donors (Lipinski definition) is 2. The largest absolute Gasteiger partial charge is 0.314 e. The van der Waals surface area contributed by atoms with Gasteiger partial charge < -0.3 is 5.32 Å². The van der Waals surface area contributed by atoms with Gasteiger partial charge in [0.05, 0.1) is 5.75 Å². The minimum Gasteiger partial charge on any atom is -0.314 e. The van der Waals surface area contributed by atoms with Gasteiger partial charge in [-0.3, -0.25) is 0 Å². The minimum absolute atomic E-state index is 0.217. The molecule has 0 saturated heterocycles. The van der Waals surface area contributed by atoms with Crippen LogP contribution in [0, 0.1) is 5.92 Å². The molecule has 0 aliphatic rings. The van der Waals surface area contributed by atoms with E-state index in [2.05, 4.69) is 37.7 Å². The summed E-state index contributed by atoms with van der Waals surface area (Å²) in [5.41, 5.74) is 0. The Labute approximate surface area is 107 Å². The Morgan fingerprint density at radius 1 is 1.00 bits per heavy atom. The molecule has 0 bridgehead atoms. The lowest BCUT2D eigenvalue weighted by Gasteiger charge is -2.09. The molecule has 0 heterocycles. The minimum atomic E-state index is -3.07. The summed E-state index contributed by atoms with van der Waals surface area (Å²) in [4.78, 5) is 0. The zero-order valence-corrected chi connectivity index (χ0v) is 12.4. The Morgan fingerprint density at radius 3 is 2.18 bits per heavy atom. The zero-order valence-electron chi connectivity index (χ0n) is 11.6. The Bertz CT molecular complexity index is 252. The van der Waals surface area contributed by atoms with Crippen molar-refractivity contribution in [3.05, 3.63) is 0 Å². The lowest BCUT2D eigenvalue weighted by molar-refractivity contribution is 0.536. The fraction of sp³-hybridized carbons (Fsp3) is 1.00. The molecular formula is C12H28N2O2S. The molecule has 0 unspecified atom stereocenters. The standard InChI is InChI=1S/C12H28N2O2S/c1-11(2)7-5-9-14-17(15,16)10-6-8-13-12(3)4/h11-14H,5-10H2,1-4H3. The van der Waals surface area contributed by atoms with E-state index in [1.165, 1.54) is 0 Å². The maximum atomic E-state index is 11.6. The van der Waals surface area contributed by atoms with Gasteiger partial charge in [0.25, 0.3) is 0 Å². The number of sulfonamides is 1. The molecule has 104 valence electrons. The average molecular weight is 264 g/mol. The SMILES string of the molecule is CC(C)CCCNS(=O)(=O)CCCNC(C)C. The summed E-state index contributed by atoms with van der Waals surface area (Å²) in [6.07, 6.45) is 2.65. The Balaban J connectivity index is 3.59. The summed E-state index contributed by atoms with van der Waals surface area (Å²) in [6, 6.07) is 0.414. The highest BCUT2D eigenvalue weighted by Gasteiger charge is 2.08. The molecule has 0 aliphatic heterocycles. The van der Waals surface area contributed by atoms with Gasteiger partial charge in [-0.25, -0.2) is 13.1 Å². The number of rotatable bonds is 10. The molecule has 0 spiro atoms. The van der Waals surface area contributed by atoms with E-state index in [9.17, 15) is 8.42 Å². The highest BCUT2D eigenvalue weighted by Crippen LogP contribution is 2.02. The van der Waals surface area contributed by atoms with Gasteiger partial charge >= 0.3 is 0 Å². The first-order valence-corrected chi connectivity index (χ1v) is 8.19. The number of nitrogens with one attached hydrogen (secondary N) is 2. The normalized spacial score (nSPS) is 12.6. The van der Waals surface area contributed by atoms with Crippen molar-refractivity contribution >= 4 is 10.0 Å². The lowest BCUT2D eigenvalue weighted by Crippen LogP contribution is -2.30. The van der Waals surface area contributed by atoms with Crippen molar-refractivity contribution in [3.63, 3.8) is 0 Å². The second-order valence-corrected chi connectivity index (χ2v) is 7.14. The monoisotopic (exact) mass is 264 g/mol. The molecule has 0 aromatic heterocycles. The van der Waals surface area contributed by atoms with Crippen LogP contribution in [0.4, 0.5) is 0 Å². The van der Waals surface area contributed by atoms with E-state index in [1.807, 2.05) is 0 Å². The van der Waals surface area contributed by atoms with Gasteiger partial charge in [0.15, 0.2) is 0 Å². The van der Waals surface area contributed by atoms with Crippen LogP contribution in [-0.4, -0.2) is 33.3 Å². The van der Waals surface area contributed by atoms with E-state index in [0.717, 1.165) is 19.4 Å². The van der Waals surface area contributed by atoms with Crippen molar-refractivity contribution < 1.29 is 8.42 Å². The third-order valence-electron chi connectivity index (χ3n) is 2.42. The molecule has 0 aromatic rings. The fourth-order valence-corrected chi connectivity index (χ4v) is 2.59. The highest BCUT2D eigenvalue weighted by atomic mass is 32.2. The predicted octanol–water partition coefficient (Wildman–Crippen LogP) is 1.73. The van der Waals surface area contributed by atoms with Crippen LogP contribution in [0.25, 0.3) is 0 Å². The number of hydrogen-bond acceptors (Lipinski definition) is 3. The smallest absolute Gasteiger partial charge is 0.211 e. The van der Waals surface area contributed by atoms with E-state index in [1.54, 1.807) is 0 Å². The summed E-state index contributed by atoms with van der Waals surface area (Å²) in [7, 11) is -3.07. The molecule has 0 radical (unpaired) electrons. The van der Waals surface area contributed by atoms with Crippen LogP contribution in [0.2, 0.25) is 0 Å². The van der Waals surface area contributed by atoms with Gasteiger partial charge in [-0.2, -0.15) is 0 Å². The van der Waals surface area contributed by atoms with Crippen molar-refractivity contribution in [3.8, 4) is 0 Å². The van der Waals surface area contributed by atoms with Crippen molar-refractivity contribution in [2.24, 2.45) is 5.92 Å². The second-order valence-electron chi connectivity index (χ2n) is 5.21. The Kier molecular flexibility index (Phi) is 8.82. The molecule has 0 amide bonds. The molecule has 0 rings (SSSR count). The van der Waals surface area contributed by atoms with Crippen LogP contribution in [-0.2, 0) is 10.0 Å². The van der Waals surface area contributed by atoms with Gasteiger partial charge in [-0.05, 0) is 31.7 Å². The van der Waals surface area contributed by atoms with E-state index >= 15 is 0 Å². The summed E-state index contributed by atoms with van der Waals surface area (Å²) >= 11 is 0. The maximum absolute atomic E-state index is 11.6. The topological polar surface area (TPSA) is 58.2 Å². The molecule has 0 fully saturated rings. The third-order valence-corrected chi connectivity index (χ3v) is 3.89. The Hall–Kier alpha value is -0.130. The molecular weight excluding hydrogens is 236 g/mol. The van der Waals surface area contributed by atoms with Crippen molar-refractivity contribution in [1.29, 1.82) is 0 Å². The van der Waals surface area contributed by atoms with Crippen LogP contribution in [0.5, 0.6) is 0 Å². The second kappa shape index (κ2) is 8.89. The Morgan fingerprint density at radius 2 is 1.65 bits per heavy atom. The van der Waals surface area contributed by atoms with Crippen LogP contribution in [0.3, 0.4) is 0 Å². The van der Waals surface area contributed by atoms with Crippen LogP contribution in [0.15, 0.2) is 0 Å². The third kappa shape index (κ3) is 12.1. The lowest BCUT2D eigenvalue weighted by atomic mass is 10.1. The molecule has 0 atom stereocenters. The van der Waals surface area contributed by atoms with Gasteiger partial charge in [-0.15, -0.1) is 0 Å². The summed E-state index contributed by atoms with van der Waals surface area (Å²) in [5.74, 6) is 0.851. The van der Waals surface area contributed by atoms with E-state index < -0.39 is 10.0 Å². The van der Waals surface area contributed by atoms with Gasteiger partial charge in [0.2, 0.25) is 10.0 Å². The van der Waals surface area contributed by atoms with Crippen molar-refractivity contribution in [1.82, 2.24) is 10.0 Å². The molecule has 5 heteroatoms. The van der Waals surface area contributed by atoms with Crippen molar-refractivity contribution in [2.45, 2.75) is 53.0 Å². The quantitative estimate of drug-likeness (QED) is 0.591. The molecule has 2 N–H and O–H groups in total. The average Bonchev–Trinajstić information content (AvgIpc) is 2.19. The molecule has 0 aromatic carbocycles. The van der Waals surface area contributed by atoms with Gasteiger partial charge in [-0.1, -0.05) is 27.7 Å². The van der Waals surface area contributed by atoms with E-state index in [0.29, 0.717) is 24.9 Å². The molecule has 17 heavy (non-hydrogen) atoms. The van der Waals surface area contributed by atoms with Crippen LogP contribution >= 0.6 is 0 Å². The summed E-state index contributed by atoms with van der Waals surface area (Å²) < 4.78 is 25.8. The molecule has 4 nitrogen and oxygen atoms in total. The van der Waals surface area contributed by atoms with Gasteiger partial charge in [0.1, 0.15) is 0 Å². The van der Waals surface area contributed by atoms with Crippen LogP contribution < -0.4 is 10.0 Å². The first-order chi connectivity index (χ1) is 7.83. The zero-order chi connectivity index (χ0) is 13.3. The van der Waals surface area contributed by atoms with Crippen molar-refractivity contribution in [2.75, 3.05) is 18.8 Å². The first-order valence-electron chi connectivity index (χ1n) is 6.54. The maximum Gasteiger partial charge on any atom is 0.211 e. The van der Waals surface area contributed by atoms with E-state index in [4.69, 9.17) is 0 Å². The summed E-state index contributed by atoms with van der Waals surface area (Å²) in [6.45, 7) is 9.72. The van der Waals surface area contributed by atoms with E-state index in [-0.39, 0.29) is 5.75 Å². The fourth-order valence-electron chi connectivity index (χ4n) is 1.46. The first kappa shape index (κ1) is 16.9. The predicted molar refractivity (Wildman–Crippen MR) is 73.6 cm³/mol. The summed E-state index contributed by atoms with van der Waals surface area (Å²) in [5, 5.41) is 3.21. The molecule has 0 aliphatic carbocycles. The highest BCUT2D eigenvalue weighted by molar-refractivity contribution is 7.89. The van der Waals surface area contributed by atoms with Gasteiger partial charge in [0, 0.05) is 12.6 Å².